The molecular formula is C25H36N8O6S. The molecule has 2 atom stereocenters. The van der Waals surface area contributed by atoms with E-state index in [-0.39, 0.29) is 55.8 Å². The fourth-order valence-corrected chi connectivity index (χ4v) is 4.64. The van der Waals surface area contributed by atoms with Crippen molar-refractivity contribution in [2.45, 2.75) is 44.7 Å². The van der Waals surface area contributed by atoms with Crippen LogP contribution < -0.4 is 27.8 Å². The quantitative estimate of drug-likeness (QED) is 0.0517. The Morgan fingerprint density at radius 3 is 2.50 bits per heavy atom. The van der Waals surface area contributed by atoms with Crippen molar-refractivity contribution in [1.82, 2.24) is 15.5 Å². The largest absolute Gasteiger partial charge is 0.508 e. The second kappa shape index (κ2) is 16.0. The molecule has 1 aromatic heterocycles. The van der Waals surface area contributed by atoms with Crippen LogP contribution in [0.5, 0.6) is 5.75 Å². The maximum absolute atomic E-state index is 13.0. The predicted octanol–water partition coefficient (Wildman–Crippen LogP) is -0.0225. The standard InChI is InChI=1S/C25H36N8O6S/c1-2-32(12-9-21-20(33(38)39)10-13-40-21)22(35)15-30-24(37)19(4-3-11-29-25(27)28)31-23(36)18(26)14-16-5-7-17(34)8-6-16/h5-8,10,13,18-19,34H,2-4,9,11-12,14-15,26H2,1H3,(H,30,37)(H,31,36)(H4,27,28,29)/t18-,19+/m0/s1. The molecule has 0 fully saturated rings. The van der Waals surface area contributed by atoms with E-state index in [1.165, 1.54) is 34.4 Å². The van der Waals surface area contributed by atoms with E-state index >= 15 is 0 Å². The van der Waals surface area contributed by atoms with Gasteiger partial charge in [0.2, 0.25) is 17.7 Å². The average Bonchev–Trinajstić information content (AvgIpc) is 3.39. The molecule has 14 nitrogen and oxygen atoms in total. The first-order valence-electron chi connectivity index (χ1n) is 12.7. The number of likely N-dealkylation sites (N-methyl/N-ethyl adjacent to an activating group) is 1. The van der Waals surface area contributed by atoms with E-state index in [9.17, 15) is 29.6 Å². The zero-order chi connectivity index (χ0) is 29.7. The molecule has 0 aliphatic carbocycles. The van der Waals surface area contributed by atoms with Gasteiger partial charge in [-0.2, -0.15) is 0 Å². The maximum atomic E-state index is 13.0. The lowest BCUT2D eigenvalue weighted by molar-refractivity contribution is -0.385. The van der Waals surface area contributed by atoms with Gasteiger partial charge in [-0.05, 0) is 49.3 Å². The molecule has 0 radical (unpaired) electrons. The molecule has 0 saturated carbocycles. The van der Waals surface area contributed by atoms with Gasteiger partial charge in [-0.1, -0.05) is 12.1 Å². The second-order valence-electron chi connectivity index (χ2n) is 8.91. The summed E-state index contributed by atoms with van der Waals surface area (Å²) in [5.74, 6) is -1.52. The first kappa shape index (κ1) is 32.0. The first-order valence-corrected chi connectivity index (χ1v) is 13.5. The number of hydrogen-bond donors (Lipinski definition) is 6. The van der Waals surface area contributed by atoms with Gasteiger partial charge in [0.05, 0.1) is 22.4 Å². The maximum Gasteiger partial charge on any atom is 0.283 e. The van der Waals surface area contributed by atoms with Crippen molar-refractivity contribution in [3.8, 4) is 5.75 Å². The number of guanidine groups is 1. The molecule has 9 N–H and O–H groups in total. The molecule has 0 saturated heterocycles. The van der Waals surface area contributed by atoms with Crippen molar-refractivity contribution in [3.05, 3.63) is 56.3 Å². The van der Waals surface area contributed by atoms with Crippen LogP contribution in [-0.2, 0) is 27.2 Å². The Morgan fingerprint density at radius 1 is 1.18 bits per heavy atom. The second-order valence-corrected chi connectivity index (χ2v) is 9.92. The number of nitrogens with zero attached hydrogens (tertiary/aromatic N) is 3. The molecule has 15 heteroatoms. The molecule has 0 bridgehead atoms. The first-order chi connectivity index (χ1) is 19.0. The lowest BCUT2D eigenvalue weighted by atomic mass is 10.0. The molecule has 1 aromatic carbocycles. The number of amides is 3. The number of nitrogens with two attached hydrogens (primary N) is 3. The number of aliphatic imine (C=N–C) groups is 1. The number of thiophene rings is 1. The summed E-state index contributed by atoms with van der Waals surface area (Å²) < 4.78 is 0. The van der Waals surface area contributed by atoms with Crippen molar-refractivity contribution in [3.63, 3.8) is 0 Å². The minimum Gasteiger partial charge on any atom is -0.508 e. The third kappa shape index (κ3) is 10.5. The van der Waals surface area contributed by atoms with Crippen molar-refractivity contribution < 1.29 is 24.4 Å². The van der Waals surface area contributed by atoms with Crippen LogP contribution in [-0.4, -0.2) is 76.9 Å². The van der Waals surface area contributed by atoms with Crippen LogP contribution in [0, 0.1) is 10.1 Å². The Balaban J connectivity index is 1.97. The third-order valence-electron chi connectivity index (χ3n) is 5.98. The lowest BCUT2D eigenvalue weighted by Crippen LogP contribution is -2.53. The molecule has 0 aliphatic rings. The smallest absolute Gasteiger partial charge is 0.283 e. The zero-order valence-electron chi connectivity index (χ0n) is 22.2. The highest BCUT2D eigenvalue weighted by Gasteiger charge is 2.25. The van der Waals surface area contributed by atoms with Gasteiger partial charge in [-0.3, -0.25) is 29.5 Å². The highest BCUT2D eigenvalue weighted by Crippen LogP contribution is 2.25. The number of phenolic OH excluding ortho intramolecular Hbond substituents is 1. The minimum atomic E-state index is -0.996. The Hall–Kier alpha value is -4.24. The topological polar surface area (TPSA) is 232 Å². The fourth-order valence-electron chi connectivity index (χ4n) is 3.81. The van der Waals surface area contributed by atoms with Crippen molar-refractivity contribution >= 4 is 40.7 Å². The van der Waals surface area contributed by atoms with Gasteiger partial charge in [0.1, 0.15) is 11.8 Å². The number of nitrogens with one attached hydrogen (secondary N) is 2. The fraction of sp³-hybridized carbons (Fsp3) is 0.440. The monoisotopic (exact) mass is 576 g/mol. The molecule has 1 heterocycles. The van der Waals surface area contributed by atoms with Gasteiger partial charge in [-0.25, -0.2) is 0 Å². The SMILES string of the molecule is CCN(CCc1sccc1[N+](=O)[O-])C(=O)CNC(=O)[C@@H](CCCN=C(N)N)NC(=O)[C@@H](N)Cc1ccc(O)cc1. The lowest BCUT2D eigenvalue weighted by Gasteiger charge is -2.23. The van der Waals surface area contributed by atoms with Gasteiger partial charge in [-0.15, -0.1) is 11.3 Å². The summed E-state index contributed by atoms with van der Waals surface area (Å²) in [5.41, 5.74) is 17.5. The number of aromatic hydroxyl groups is 1. The number of hydrogen-bond acceptors (Lipinski definition) is 9. The van der Waals surface area contributed by atoms with E-state index in [0.717, 1.165) is 5.56 Å². The third-order valence-corrected chi connectivity index (χ3v) is 6.95. The summed E-state index contributed by atoms with van der Waals surface area (Å²) in [6.07, 6.45) is 1.05. The highest BCUT2D eigenvalue weighted by molar-refractivity contribution is 7.10. The van der Waals surface area contributed by atoms with Crippen molar-refractivity contribution in [2.24, 2.45) is 22.2 Å². The molecular weight excluding hydrogens is 540 g/mol. The Labute approximate surface area is 235 Å². The number of carbonyl (C=O) groups is 3. The average molecular weight is 577 g/mol. The molecule has 0 unspecified atom stereocenters. The molecule has 2 aromatic rings. The van der Waals surface area contributed by atoms with Gasteiger partial charge in [0.15, 0.2) is 5.96 Å². The Morgan fingerprint density at radius 2 is 1.88 bits per heavy atom. The van der Waals surface area contributed by atoms with E-state index < -0.39 is 28.8 Å². The Bertz CT molecular complexity index is 1180. The van der Waals surface area contributed by atoms with Crippen LogP contribution in [0.15, 0.2) is 40.7 Å². The molecule has 3 amide bonds. The van der Waals surface area contributed by atoms with Gasteiger partial charge in [0, 0.05) is 32.1 Å². The van der Waals surface area contributed by atoms with Crippen LogP contribution in [0.3, 0.4) is 0 Å². The van der Waals surface area contributed by atoms with Gasteiger partial charge < -0.3 is 37.8 Å². The summed E-state index contributed by atoms with van der Waals surface area (Å²) >= 11 is 1.25. The number of nitro groups is 1. The summed E-state index contributed by atoms with van der Waals surface area (Å²) in [5, 5.41) is 27.4. The number of rotatable bonds is 16. The van der Waals surface area contributed by atoms with Crippen molar-refractivity contribution in [1.29, 1.82) is 0 Å². The van der Waals surface area contributed by atoms with Crippen molar-refractivity contribution in [2.75, 3.05) is 26.2 Å². The zero-order valence-corrected chi connectivity index (χ0v) is 23.1. The molecule has 218 valence electrons. The van der Waals surface area contributed by atoms with Crippen LogP contribution in [0.4, 0.5) is 5.69 Å². The van der Waals surface area contributed by atoms with Crippen LogP contribution >= 0.6 is 11.3 Å². The summed E-state index contributed by atoms with van der Waals surface area (Å²) in [6.45, 7) is 2.28. The summed E-state index contributed by atoms with van der Waals surface area (Å²) in [6, 6.07) is 5.72. The van der Waals surface area contributed by atoms with Gasteiger partial charge >= 0.3 is 0 Å². The summed E-state index contributed by atoms with van der Waals surface area (Å²) in [7, 11) is 0. The van der Waals surface area contributed by atoms with E-state index in [2.05, 4.69) is 15.6 Å². The van der Waals surface area contributed by atoms with Crippen LogP contribution in [0.1, 0.15) is 30.2 Å². The number of phenols is 1. The van der Waals surface area contributed by atoms with Crippen LogP contribution in [0.2, 0.25) is 0 Å². The molecule has 2 rings (SSSR count). The molecule has 0 aliphatic heterocycles. The predicted molar refractivity (Wildman–Crippen MR) is 152 cm³/mol. The van der Waals surface area contributed by atoms with E-state index in [4.69, 9.17) is 17.2 Å². The van der Waals surface area contributed by atoms with Gasteiger partial charge in [0.25, 0.3) is 5.69 Å². The number of benzene rings is 1. The van der Waals surface area contributed by atoms with E-state index in [1.54, 1.807) is 24.4 Å². The Kier molecular flexibility index (Phi) is 12.8. The van der Waals surface area contributed by atoms with Crippen LogP contribution in [0.25, 0.3) is 0 Å². The number of carbonyl (C=O) groups excluding carboxylic acids is 3. The van der Waals surface area contributed by atoms with E-state index in [1.807, 2.05) is 0 Å². The molecule has 40 heavy (non-hydrogen) atoms. The molecule has 0 spiro atoms. The normalized spacial score (nSPS) is 12.2. The highest BCUT2D eigenvalue weighted by atomic mass is 32.1. The summed E-state index contributed by atoms with van der Waals surface area (Å²) in [4.78, 5) is 55.2. The minimum absolute atomic E-state index is 0.0183. The van der Waals surface area contributed by atoms with E-state index in [0.29, 0.717) is 24.3 Å².